The zero-order chi connectivity index (χ0) is 17.0. The van der Waals surface area contributed by atoms with Crippen molar-refractivity contribution in [3.05, 3.63) is 70.3 Å². The minimum absolute atomic E-state index is 0.139. The Balaban J connectivity index is 2.25. The summed E-state index contributed by atoms with van der Waals surface area (Å²) in [6.07, 6.45) is 0. The average Bonchev–Trinajstić information content (AvgIpc) is 2.88. The number of amides is 1. The summed E-state index contributed by atoms with van der Waals surface area (Å²) in [4.78, 5) is 14.5. The van der Waals surface area contributed by atoms with E-state index in [4.69, 9.17) is 0 Å². The predicted molar refractivity (Wildman–Crippen MR) is 99.4 cm³/mol. The fourth-order valence-electron chi connectivity index (χ4n) is 3.96. The lowest BCUT2D eigenvalue weighted by atomic mass is 9.84. The van der Waals surface area contributed by atoms with Crippen LogP contribution in [0.25, 0.3) is 21.9 Å². The number of aryl methyl sites for hydroxylation is 3. The summed E-state index contributed by atoms with van der Waals surface area (Å²) in [5.41, 5.74) is 8.19. The summed E-state index contributed by atoms with van der Waals surface area (Å²) in [6, 6.07) is 14.8. The Morgan fingerprint density at radius 1 is 0.875 bits per heavy atom. The van der Waals surface area contributed by atoms with Crippen LogP contribution in [0.4, 0.5) is 0 Å². The predicted octanol–water partition coefficient (Wildman–Crippen LogP) is 5.02. The van der Waals surface area contributed by atoms with Crippen molar-refractivity contribution in [3.8, 4) is 11.1 Å². The van der Waals surface area contributed by atoms with Gasteiger partial charge in [-0.2, -0.15) is 0 Å². The van der Waals surface area contributed by atoms with E-state index in [2.05, 4.69) is 57.2 Å². The van der Waals surface area contributed by atoms with Crippen LogP contribution in [0.15, 0.2) is 42.5 Å². The van der Waals surface area contributed by atoms with Crippen molar-refractivity contribution < 1.29 is 4.79 Å². The summed E-state index contributed by atoms with van der Waals surface area (Å²) in [7, 11) is 1.89. The van der Waals surface area contributed by atoms with Gasteiger partial charge in [0.15, 0.2) is 0 Å². The van der Waals surface area contributed by atoms with Crippen LogP contribution in [-0.2, 0) is 6.54 Å². The number of benzene rings is 3. The van der Waals surface area contributed by atoms with E-state index in [1.807, 2.05) is 18.0 Å². The normalized spacial score (nSPS) is 13.7. The van der Waals surface area contributed by atoms with Gasteiger partial charge in [-0.05, 0) is 64.9 Å². The number of carbonyl (C=O) groups excluding carboxylic acids is 1. The van der Waals surface area contributed by atoms with E-state index in [-0.39, 0.29) is 5.91 Å². The van der Waals surface area contributed by atoms with Crippen molar-refractivity contribution >= 4 is 16.7 Å². The van der Waals surface area contributed by atoms with E-state index in [9.17, 15) is 4.79 Å². The first-order chi connectivity index (χ1) is 11.5. The van der Waals surface area contributed by atoms with Crippen LogP contribution >= 0.6 is 0 Å². The zero-order valence-corrected chi connectivity index (χ0v) is 14.6. The van der Waals surface area contributed by atoms with Gasteiger partial charge in [0.05, 0.1) is 0 Å². The third-order valence-electron chi connectivity index (χ3n) is 5.39. The maximum Gasteiger partial charge on any atom is 0.254 e. The molecule has 0 spiro atoms. The lowest BCUT2D eigenvalue weighted by Gasteiger charge is -2.18. The van der Waals surface area contributed by atoms with Crippen molar-refractivity contribution in [1.82, 2.24) is 4.90 Å². The van der Waals surface area contributed by atoms with Gasteiger partial charge >= 0.3 is 0 Å². The van der Waals surface area contributed by atoms with Gasteiger partial charge in [-0.3, -0.25) is 4.79 Å². The Bertz CT molecular complexity index is 986. The third kappa shape index (κ3) is 1.92. The van der Waals surface area contributed by atoms with Gasteiger partial charge in [0.2, 0.25) is 0 Å². The number of hydrogen-bond acceptors (Lipinski definition) is 1. The highest BCUT2D eigenvalue weighted by molar-refractivity contribution is 6.12. The third-order valence-corrected chi connectivity index (χ3v) is 5.39. The molecule has 0 atom stereocenters. The summed E-state index contributed by atoms with van der Waals surface area (Å²) in [6.45, 7) is 7.12. The fourth-order valence-corrected chi connectivity index (χ4v) is 3.96. The highest BCUT2D eigenvalue weighted by Gasteiger charge is 2.31. The Morgan fingerprint density at radius 3 is 2.29 bits per heavy atom. The minimum atomic E-state index is 0.139. The lowest BCUT2D eigenvalue weighted by Crippen LogP contribution is -2.18. The van der Waals surface area contributed by atoms with Crippen LogP contribution in [0, 0.1) is 20.8 Å². The molecule has 0 saturated carbocycles. The SMILES string of the molecule is Cc1ccc2c(C)c3c(c(-c4ccccc4)c2c1C)CN(C)C3=O. The topological polar surface area (TPSA) is 20.3 Å². The van der Waals surface area contributed by atoms with E-state index in [0.29, 0.717) is 6.54 Å². The largest absolute Gasteiger partial charge is 0.337 e. The van der Waals surface area contributed by atoms with Gasteiger partial charge in [0.25, 0.3) is 5.91 Å². The number of rotatable bonds is 1. The molecule has 2 nitrogen and oxygen atoms in total. The van der Waals surface area contributed by atoms with Crippen LogP contribution in [-0.4, -0.2) is 17.9 Å². The van der Waals surface area contributed by atoms with E-state index >= 15 is 0 Å². The maximum atomic E-state index is 12.7. The van der Waals surface area contributed by atoms with Gasteiger partial charge in [-0.1, -0.05) is 42.5 Å². The maximum absolute atomic E-state index is 12.7. The lowest BCUT2D eigenvalue weighted by molar-refractivity contribution is 0.0816. The van der Waals surface area contributed by atoms with E-state index in [1.165, 1.54) is 38.6 Å². The second-order valence-electron chi connectivity index (χ2n) is 6.81. The number of hydrogen-bond donors (Lipinski definition) is 0. The number of nitrogens with zero attached hydrogens (tertiary/aromatic N) is 1. The van der Waals surface area contributed by atoms with E-state index in [1.54, 1.807) is 0 Å². The highest BCUT2D eigenvalue weighted by atomic mass is 16.2. The fraction of sp³-hybridized carbons (Fsp3) is 0.227. The highest BCUT2D eigenvalue weighted by Crippen LogP contribution is 2.42. The Morgan fingerprint density at radius 2 is 1.58 bits per heavy atom. The first kappa shape index (κ1) is 14.9. The summed E-state index contributed by atoms with van der Waals surface area (Å²) >= 11 is 0. The molecule has 24 heavy (non-hydrogen) atoms. The first-order valence-corrected chi connectivity index (χ1v) is 8.37. The van der Waals surface area contributed by atoms with E-state index < -0.39 is 0 Å². The molecule has 120 valence electrons. The molecule has 1 aliphatic heterocycles. The molecule has 2 heteroatoms. The van der Waals surface area contributed by atoms with Crippen LogP contribution in [0.3, 0.4) is 0 Å². The van der Waals surface area contributed by atoms with Crippen molar-refractivity contribution in [3.63, 3.8) is 0 Å². The molecule has 0 unspecified atom stereocenters. The molecule has 1 aliphatic rings. The summed E-state index contributed by atoms with van der Waals surface area (Å²) in [5.74, 6) is 0.139. The first-order valence-electron chi connectivity index (χ1n) is 8.37. The molecule has 0 aliphatic carbocycles. The van der Waals surface area contributed by atoms with Gasteiger partial charge < -0.3 is 4.90 Å². The molecule has 1 amide bonds. The quantitative estimate of drug-likeness (QED) is 0.617. The Hall–Kier alpha value is -2.61. The molecular weight excluding hydrogens is 294 g/mol. The van der Waals surface area contributed by atoms with Crippen LogP contribution in [0.2, 0.25) is 0 Å². The standard InChI is InChI=1S/C22H21NO/c1-13-10-11-17-15(3)20-18(12-23(4)22(20)24)21(19(17)14(13)2)16-8-6-5-7-9-16/h5-11H,12H2,1-4H3. The summed E-state index contributed by atoms with van der Waals surface area (Å²) < 4.78 is 0. The Kier molecular flexibility index (Phi) is 3.24. The van der Waals surface area contributed by atoms with Gasteiger partial charge in [-0.15, -0.1) is 0 Å². The molecule has 0 saturated heterocycles. The second kappa shape index (κ2) is 5.20. The monoisotopic (exact) mass is 315 g/mol. The molecule has 0 N–H and O–H groups in total. The average molecular weight is 315 g/mol. The zero-order valence-electron chi connectivity index (χ0n) is 14.6. The summed E-state index contributed by atoms with van der Waals surface area (Å²) in [5, 5.41) is 2.49. The molecule has 0 bridgehead atoms. The van der Waals surface area contributed by atoms with Crippen molar-refractivity contribution in [2.45, 2.75) is 27.3 Å². The van der Waals surface area contributed by atoms with Gasteiger partial charge in [0.1, 0.15) is 0 Å². The van der Waals surface area contributed by atoms with Crippen LogP contribution in [0.5, 0.6) is 0 Å². The molecule has 4 rings (SSSR count). The van der Waals surface area contributed by atoms with Crippen LogP contribution in [0.1, 0.15) is 32.6 Å². The molecule has 3 aromatic rings. The minimum Gasteiger partial charge on any atom is -0.337 e. The molecule has 0 fully saturated rings. The number of carbonyl (C=O) groups is 1. The van der Waals surface area contributed by atoms with Crippen molar-refractivity contribution in [2.24, 2.45) is 0 Å². The van der Waals surface area contributed by atoms with Crippen LogP contribution < -0.4 is 0 Å². The molecule has 0 radical (unpaired) electrons. The van der Waals surface area contributed by atoms with Crippen molar-refractivity contribution in [2.75, 3.05) is 7.05 Å². The van der Waals surface area contributed by atoms with E-state index in [0.717, 1.165) is 11.1 Å². The second-order valence-corrected chi connectivity index (χ2v) is 6.81. The smallest absolute Gasteiger partial charge is 0.254 e. The molecule has 1 heterocycles. The molecular formula is C22H21NO. The Labute approximate surface area is 142 Å². The molecule has 3 aromatic carbocycles. The number of fused-ring (bicyclic) bond motifs is 2. The van der Waals surface area contributed by atoms with Crippen molar-refractivity contribution in [1.29, 1.82) is 0 Å². The van der Waals surface area contributed by atoms with Gasteiger partial charge in [-0.25, -0.2) is 0 Å². The van der Waals surface area contributed by atoms with Gasteiger partial charge in [0, 0.05) is 19.2 Å². The molecule has 0 aromatic heterocycles.